The van der Waals surface area contributed by atoms with Gasteiger partial charge in [0.05, 0.1) is 0 Å². The van der Waals surface area contributed by atoms with Gasteiger partial charge < -0.3 is 25.4 Å². The maximum Gasteiger partial charge on any atom is 0.408 e. The second-order valence-corrected chi connectivity index (χ2v) is 12.0. The summed E-state index contributed by atoms with van der Waals surface area (Å²) in [5.74, 6) is -0.592. The number of benzene rings is 3. The van der Waals surface area contributed by atoms with Crippen molar-refractivity contribution in [2.24, 2.45) is 0 Å². The van der Waals surface area contributed by atoms with E-state index in [0.717, 1.165) is 36.0 Å². The largest absolute Gasteiger partial charge is 0.508 e. The lowest BCUT2D eigenvalue weighted by Crippen LogP contribution is -2.57. The molecular weight excluding hydrogens is 530 g/mol. The molecule has 0 radical (unpaired) electrons. The van der Waals surface area contributed by atoms with Gasteiger partial charge in [-0.15, -0.1) is 0 Å². The molecule has 0 aromatic heterocycles. The predicted molar refractivity (Wildman–Crippen MR) is 163 cm³/mol. The highest BCUT2D eigenvalue weighted by molar-refractivity contribution is 5.99. The summed E-state index contributed by atoms with van der Waals surface area (Å²) < 4.78 is 5.52. The van der Waals surface area contributed by atoms with Crippen LogP contribution in [0.15, 0.2) is 72.8 Å². The first-order valence-electron chi connectivity index (χ1n) is 14.4. The van der Waals surface area contributed by atoms with Crippen molar-refractivity contribution in [1.82, 2.24) is 10.2 Å². The fourth-order valence-electron chi connectivity index (χ4n) is 5.07. The molecule has 1 aliphatic rings. The molecule has 1 saturated carbocycles. The number of alkyl carbamates (subject to hydrolysis) is 1. The fourth-order valence-corrected chi connectivity index (χ4v) is 5.07. The normalized spacial score (nSPS) is 14.7. The molecule has 0 bridgehead atoms. The summed E-state index contributed by atoms with van der Waals surface area (Å²) in [6.07, 6.45) is 1.89. The van der Waals surface area contributed by atoms with Crippen LogP contribution in [0, 0.1) is 13.8 Å². The van der Waals surface area contributed by atoms with E-state index in [4.69, 9.17) is 4.74 Å². The number of hydrogen-bond donors (Lipinski definition) is 3. The summed E-state index contributed by atoms with van der Waals surface area (Å²) in [4.78, 5) is 43.4. The number of rotatable bonds is 9. The molecule has 3 N–H and O–H groups in total. The van der Waals surface area contributed by atoms with Crippen LogP contribution in [0.25, 0.3) is 0 Å². The Bertz CT molecular complexity index is 1410. The van der Waals surface area contributed by atoms with Gasteiger partial charge in [-0.1, -0.05) is 60.2 Å². The van der Waals surface area contributed by atoms with Crippen molar-refractivity contribution < 1.29 is 24.2 Å². The van der Waals surface area contributed by atoms with Gasteiger partial charge in [-0.3, -0.25) is 9.59 Å². The van der Waals surface area contributed by atoms with Crippen molar-refractivity contribution in [3.8, 4) is 5.75 Å². The Hall–Kier alpha value is -4.33. The van der Waals surface area contributed by atoms with E-state index in [-0.39, 0.29) is 30.0 Å². The monoisotopic (exact) mass is 571 g/mol. The van der Waals surface area contributed by atoms with Crippen LogP contribution in [-0.2, 0) is 20.7 Å². The minimum absolute atomic E-state index is 0.102. The number of phenolic OH excluding ortho intramolecular Hbond substituents is 1. The highest BCUT2D eigenvalue weighted by atomic mass is 16.6. The van der Waals surface area contributed by atoms with Crippen molar-refractivity contribution >= 4 is 23.6 Å². The summed E-state index contributed by atoms with van der Waals surface area (Å²) in [6, 6.07) is 19.6. The number of amides is 3. The van der Waals surface area contributed by atoms with Crippen molar-refractivity contribution in [2.75, 3.05) is 5.32 Å². The van der Waals surface area contributed by atoms with Gasteiger partial charge in [0.1, 0.15) is 23.4 Å². The summed E-state index contributed by atoms with van der Waals surface area (Å²) >= 11 is 0. The molecular formula is C34H41N3O5. The van der Waals surface area contributed by atoms with E-state index >= 15 is 0 Å². The van der Waals surface area contributed by atoms with E-state index in [1.807, 2.05) is 62.4 Å². The Morgan fingerprint density at radius 2 is 1.67 bits per heavy atom. The number of phenols is 1. The smallest absolute Gasteiger partial charge is 0.408 e. The molecule has 0 saturated heterocycles. The molecule has 222 valence electrons. The van der Waals surface area contributed by atoms with Crippen molar-refractivity contribution in [2.45, 2.75) is 84.0 Å². The van der Waals surface area contributed by atoms with E-state index in [9.17, 15) is 19.5 Å². The molecule has 1 aliphatic carbocycles. The van der Waals surface area contributed by atoms with Crippen LogP contribution in [0.5, 0.6) is 5.75 Å². The van der Waals surface area contributed by atoms with E-state index in [0.29, 0.717) is 11.3 Å². The highest BCUT2D eigenvalue weighted by Gasteiger charge is 2.42. The third kappa shape index (κ3) is 7.90. The zero-order valence-electron chi connectivity index (χ0n) is 25.0. The van der Waals surface area contributed by atoms with Gasteiger partial charge in [0.25, 0.3) is 5.91 Å². The molecule has 1 fully saturated rings. The molecule has 3 aromatic rings. The van der Waals surface area contributed by atoms with Gasteiger partial charge in [0, 0.05) is 18.2 Å². The van der Waals surface area contributed by atoms with Crippen molar-refractivity contribution in [3.63, 3.8) is 0 Å². The Kier molecular flexibility index (Phi) is 9.55. The van der Waals surface area contributed by atoms with Crippen LogP contribution >= 0.6 is 0 Å². The van der Waals surface area contributed by atoms with Crippen LogP contribution in [0.4, 0.5) is 10.5 Å². The molecule has 8 heteroatoms. The quantitative estimate of drug-likeness (QED) is 0.283. The van der Waals surface area contributed by atoms with Gasteiger partial charge in [0.2, 0.25) is 5.91 Å². The second kappa shape index (κ2) is 13.1. The van der Waals surface area contributed by atoms with E-state index in [1.54, 1.807) is 49.9 Å². The molecule has 2 unspecified atom stereocenters. The second-order valence-electron chi connectivity index (χ2n) is 12.0. The first-order chi connectivity index (χ1) is 19.9. The summed E-state index contributed by atoms with van der Waals surface area (Å²) in [6.45, 7) is 9.15. The summed E-state index contributed by atoms with van der Waals surface area (Å²) in [5, 5.41) is 15.6. The number of anilines is 1. The number of carbonyl (C=O) groups excluding carboxylic acids is 3. The third-order valence-corrected chi connectivity index (χ3v) is 7.38. The first kappa shape index (κ1) is 30.6. The van der Waals surface area contributed by atoms with Gasteiger partial charge in [-0.2, -0.15) is 0 Å². The van der Waals surface area contributed by atoms with Crippen LogP contribution in [-0.4, -0.2) is 45.6 Å². The lowest BCUT2D eigenvalue weighted by Gasteiger charge is -2.43. The molecule has 0 aliphatic heterocycles. The molecule has 4 rings (SSSR count). The maximum absolute atomic E-state index is 14.6. The van der Waals surface area contributed by atoms with Crippen molar-refractivity contribution in [3.05, 3.63) is 95.1 Å². The molecule has 0 spiro atoms. The summed E-state index contributed by atoms with van der Waals surface area (Å²) in [7, 11) is 0. The average Bonchev–Trinajstić information content (AvgIpc) is 2.88. The number of nitrogens with one attached hydrogen (secondary N) is 2. The maximum atomic E-state index is 14.6. The van der Waals surface area contributed by atoms with Crippen LogP contribution in [0.2, 0.25) is 0 Å². The molecule has 0 heterocycles. The topological polar surface area (TPSA) is 108 Å². The number of nitrogens with zero attached hydrogens (tertiary/aromatic N) is 1. The zero-order valence-corrected chi connectivity index (χ0v) is 25.0. The fraction of sp³-hybridized carbons (Fsp3) is 0.382. The molecule has 42 heavy (non-hydrogen) atoms. The SMILES string of the molecule is Cc1cccc(C(C(=O)Nc2ccccc2C)N(C(=O)C(Cc2ccc(O)cc2)NC(=O)OC(C)(C)C)C2CCC2)c1. The standard InChI is InChI=1S/C34H41N3O5/c1-22-10-8-12-25(20-22)30(31(39)35-28-15-7-6-11-23(28)2)37(26-13-9-14-26)32(40)29(36-33(41)42-34(3,4)5)21-24-16-18-27(38)19-17-24/h6-8,10-12,15-20,26,29-30,38H,9,13-14,21H2,1-5H3,(H,35,39)(H,36,41). The number of carbonyl (C=O) groups is 3. The number of para-hydroxylation sites is 1. The third-order valence-electron chi connectivity index (χ3n) is 7.38. The van der Waals surface area contributed by atoms with E-state index < -0.39 is 23.8 Å². The summed E-state index contributed by atoms with van der Waals surface area (Å²) in [5.41, 5.74) is 3.23. The van der Waals surface area contributed by atoms with Crippen LogP contribution < -0.4 is 10.6 Å². The predicted octanol–water partition coefficient (Wildman–Crippen LogP) is 6.21. The zero-order chi connectivity index (χ0) is 30.4. The Morgan fingerprint density at radius 3 is 2.26 bits per heavy atom. The van der Waals surface area contributed by atoms with Gasteiger partial charge in [-0.25, -0.2) is 4.79 Å². The van der Waals surface area contributed by atoms with Crippen LogP contribution in [0.3, 0.4) is 0 Å². The van der Waals surface area contributed by atoms with Crippen molar-refractivity contribution in [1.29, 1.82) is 0 Å². The van der Waals surface area contributed by atoms with E-state index in [1.165, 1.54) is 0 Å². The molecule has 3 aromatic carbocycles. The lowest BCUT2D eigenvalue weighted by atomic mass is 9.87. The lowest BCUT2D eigenvalue weighted by molar-refractivity contribution is -0.145. The molecule has 2 atom stereocenters. The highest BCUT2D eigenvalue weighted by Crippen LogP contribution is 2.35. The van der Waals surface area contributed by atoms with Gasteiger partial charge >= 0.3 is 6.09 Å². The van der Waals surface area contributed by atoms with Gasteiger partial charge in [0.15, 0.2) is 0 Å². The minimum atomic E-state index is -1.01. The van der Waals surface area contributed by atoms with E-state index in [2.05, 4.69) is 10.6 Å². The minimum Gasteiger partial charge on any atom is -0.508 e. The number of aryl methyl sites for hydroxylation is 2. The number of hydrogen-bond acceptors (Lipinski definition) is 5. The number of aromatic hydroxyl groups is 1. The molecule has 8 nitrogen and oxygen atoms in total. The average molecular weight is 572 g/mol. The van der Waals surface area contributed by atoms with Crippen LogP contribution in [0.1, 0.15) is 68.3 Å². The Morgan fingerprint density at radius 1 is 0.976 bits per heavy atom. The Balaban J connectivity index is 1.75. The first-order valence-corrected chi connectivity index (χ1v) is 14.4. The molecule has 3 amide bonds. The number of ether oxygens (including phenoxy) is 1. The Labute approximate surface area is 248 Å². The van der Waals surface area contributed by atoms with Gasteiger partial charge in [-0.05, 0) is 88.8 Å².